The van der Waals surface area contributed by atoms with Gasteiger partial charge in [0.25, 0.3) is 11.6 Å². The number of halogens is 2. The molecule has 1 amide bonds. The van der Waals surface area contributed by atoms with Crippen LogP contribution >= 0.6 is 46.3 Å². The SMILES string of the molecule is N=C(N)N1CCC(NC(=O)c2cc([N+](=O)[O-])c(Sc3c(Cl)cncc3Cl)s2)CC1. The molecule has 9 nitrogen and oxygen atoms in total. The van der Waals surface area contributed by atoms with Crippen molar-refractivity contribution in [1.82, 2.24) is 15.2 Å². The third kappa shape index (κ3) is 5.10. The number of nitrogens with zero attached hydrogens (tertiary/aromatic N) is 3. The molecule has 0 saturated carbocycles. The van der Waals surface area contributed by atoms with Gasteiger partial charge in [-0.15, -0.1) is 11.3 Å². The van der Waals surface area contributed by atoms with Crippen LogP contribution in [0.5, 0.6) is 0 Å². The van der Waals surface area contributed by atoms with E-state index >= 15 is 0 Å². The molecule has 0 bridgehead atoms. The number of nitrogens with two attached hydrogens (primary N) is 1. The highest BCUT2D eigenvalue weighted by molar-refractivity contribution is 8.01. The van der Waals surface area contributed by atoms with Crippen LogP contribution in [0, 0.1) is 15.5 Å². The third-order valence-electron chi connectivity index (χ3n) is 4.28. The molecular formula is C16H16Cl2N6O3S2. The summed E-state index contributed by atoms with van der Waals surface area (Å²) in [6, 6.07) is 1.18. The zero-order valence-corrected chi connectivity index (χ0v) is 18.0. The van der Waals surface area contributed by atoms with Gasteiger partial charge in [0.2, 0.25) is 0 Å². The van der Waals surface area contributed by atoms with Gasteiger partial charge in [-0.1, -0.05) is 35.0 Å². The zero-order valence-electron chi connectivity index (χ0n) is 14.9. The van der Waals surface area contributed by atoms with E-state index in [2.05, 4.69) is 10.3 Å². The van der Waals surface area contributed by atoms with Crippen molar-refractivity contribution in [2.24, 2.45) is 5.73 Å². The normalized spacial score (nSPS) is 14.6. The molecular weight excluding hydrogens is 459 g/mol. The smallest absolute Gasteiger partial charge is 0.294 e. The van der Waals surface area contributed by atoms with Crippen LogP contribution in [0.15, 0.2) is 27.6 Å². The van der Waals surface area contributed by atoms with Crippen molar-refractivity contribution in [1.29, 1.82) is 5.41 Å². The van der Waals surface area contributed by atoms with Crippen molar-refractivity contribution in [2.75, 3.05) is 13.1 Å². The highest BCUT2D eigenvalue weighted by Crippen LogP contribution is 2.45. The lowest BCUT2D eigenvalue weighted by atomic mass is 10.1. The van der Waals surface area contributed by atoms with E-state index in [0.29, 0.717) is 35.0 Å². The molecule has 2 aromatic rings. The molecule has 0 spiro atoms. The summed E-state index contributed by atoms with van der Waals surface area (Å²) in [5.41, 5.74) is 5.29. The Morgan fingerprint density at radius 3 is 2.55 bits per heavy atom. The Labute approximate surface area is 184 Å². The molecule has 3 rings (SSSR count). The van der Waals surface area contributed by atoms with Crippen LogP contribution in [0.1, 0.15) is 22.5 Å². The number of carbonyl (C=O) groups excluding carboxylic acids is 1. The number of likely N-dealkylation sites (tertiary alicyclic amines) is 1. The summed E-state index contributed by atoms with van der Waals surface area (Å²) in [5.74, 6) is -0.364. The van der Waals surface area contributed by atoms with Crippen molar-refractivity contribution in [2.45, 2.75) is 28.0 Å². The standard InChI is InChI=1S/C16H16Cl2N6O3S2/c17-9-6-21-7-10(18)13(9)29-15-11(24(26)27)5-12(28-15)14(25)22-8-1-3-23(4-2-8)16(19)20/h5-8H,1-4H2,(H3,19,20)(H,22,25). The fourth-order valence-corrected chi connectivity index (χ4v) is 5.55. The molecule has 1 aliphatic rings. The lowest BCUT2D eigenvalue weighted by Crippen LogP contribution is -2.48. The number of guanidine groups is 1. The first kappa shape index (κ1) is 21.6. The van der Waals surface area contributed by atoms with E-state index in [1.165, 1.54) is 18.5 Å². The van der Waals surface area contributed by atoms with Crippen LogP contribution in [0.3, 0.4) is 0 Å². The third-order valence-corrected chi connectivity index (χ3v) is 7.53. The van der Waals surface area contributed by atoms with E-state index in [-0.39, 0.29) is 38.5 Å². The molecule has 0 unspecified atom stereocenters. The van der Waals surface area contributed by atoms with E-state index < -0.39 is 4.92 Å². The van der Waals surface area contributed by atoms with Gasteiger partial charge in [0.1, 0.15) is 9.09 Å². The molecule has 0 aliphatic carbocycles. The highest BCUT2D eigenvalue weighted by Gasteiger charge is 2.27. The summed E-state index contributed by atoms with van der Waals surface area (Å²) >= 11 is 14.2. The van der Waals surface area contributed by atoms with Gasteiger partial charge in [-0.25, -0.2) is 0 Å². The van der Waals surface area contributed by atoms with Gasteiger partial charge < -0.3 is 16.0 Å². The maximum absolute atomic E-state index is 12.6. The van der Waals surface area contributed by atoms with Crippen molar-refractivity contribution in [3.63, 3.8) is 0 Å². The summed E-state index contributed by atoms with van der Waals surface area (Å²) in [5, 5.41) is 22.4. The number of carbonyl (C=O) groups is 1. The maximum atomic E-state index is 12.6. The first-order chi connectivity index (χ1) is 13.8. The fraction of sp³-hybridized carbons (Fsp3) is 0.312. The summed E-state index contributed by atoms with van der Waals surface area (Å²) in [7, 11) is 0. The van der Waals surface area contributed by atoms with Gasteiger partial charge in [-0.3, -0.25) is 25.3 Å². The van der Waals surface area contributed by atoms with Crippen LogP contribution < -0.4 is 11.1 Å². The second-order valence-corrected chi connectivity index (χ2v) is 9.34. The molecule has 0 atom stereocenters. The minimum atomic E-state index is -0.538. The molecule has 29 heavy (non-hydrogen) atoms. The van der Waals surface area contributed by atoms with Crippen molar-refractivity contribution < 1.29 is 9.72 Å². The fourth-order valence-electron chi connectivity index (χ4n) is 2.79. The number of nitro groups is 1. The maximum Gasteiger partial charge on any atom is 0.294 e. The summed E-state index contributed by atoms with van der Waals surface area (Å²) in [6.45, 7) is 1.15. The number of rotatable bonds is 5. The summed E-state index contributed by atoms with van der Waals surface area (Å²) < 4.78 is 0.307. The van der Waals surface area contributed by atoms with Crippen LogP contribution in [-0.2, 0) is 0 Å². The lowest BCUT2D eigenvalue weighted by Gasteiger charge is -2.32. The van der Waals surface area contributed by atoms with E-state index in [4.69, 9.17) is 34.3 Å². The summed E-state index contributed by atoms with van der Waals surface area (Å²) in [4.78, 5) is 29.8. The molecule has 4 N–H and O–H groups in total. The van der Waals surface area contributed by atoms with Crippen LogP contribution in [-0.4, -0.2) is 45.8 Å². The molecule has 3 heterocycles. The number of thiophene rings is 1. The van der Waals surface area contributed by atoms with Gasteiger partial charge >= 0.3 is 0 Å². The second kappa shape index (κ2) is 9.16. The molecule has 13 heteroatoms. The molecule has 0 radical (unpaired) electrons. The second-order valence-electron chi connectivity index (χ2n) is 6.19. The van der Waals surface area contributed by atoms with E-state index in [1.54, 1.807) is 4.90 Å². The Kier molecular flexibility index (Phi) is 6.83. The van der Waals surface area contributed by atoms with Crippen LogP contribution in [0.2, 0.25) is 10.0 Å². The van der Waals surface area contributed by atoms with Crippen molar-refractivity contribution in [3.05, 3.63) is 43.5 Å². The van der Waals surface area contributed by atoms with Gasteiger partial charge in [0.05, 0.1) is 19.9 Å². The van der Waals surface area contributed by atoms with Crippen LogP contribution in [0.4, 0.5) is 5.69 Å². The average molecular weight is 475 g/mol. The zero-order chi connectivity index (χ0) is 21.1. The van der Waals surface area contributed by atoms with E-state index in [9.17, 15) is 14.9 Å². The van der Waals surface area contributed by atoms with Gasteiger partial charge in [0.15, 0.2) is 5.96 Å². The van der Waals surface area contributed by atoms with Gasteiger partial charge in [-0.2, -0.15) is 0 Å². The van der Waals surface area contributed by atoms with Crippen LogP contribution in [0.25, 0.3) is 0 Å². The Balaban J connectivity index is 1.75. The topological polar surface area (TPSA) is 138 Å². The first-order valence-electron chi connectivity index (χ1n) is 8.41. The largest absolute Gasteiger partial charge is 0.370 e. The molecule has 0 aromatic carbocycles. The van der Waals surface area contributed by atoms with Gasteiger partial charge in [-0.05, 0) is 12.8 Å². The number of hydrogen-bond acceptors (Lipinski definition) is 7. The predicted molar refractivity (Wildman–Crippen MR) is 113 cm³/mol. The van der Waals surface area contributed by atoms with Crippen molar-refractivity contribution in [3.8, 4) is 0 Å². The molecule has 1 fully saturated rings. The number of piperidine rings is 1. The molecule has 154 valence electrons. The Morgan fingerprint density at radius 2 is 2.00 bits per heavy atom. The Morgan fingerprint density at radius 1 is 1.38 bits per heavy atom. The minimum Gasteiger partial charge on any atom is -0.370 e. The quantitative estimate of drug-likeness (QED) is 0.260. The number of amides is 1. The number of pyridine rings is 1. The Bertz CT molecular complexity index is 942. The van der Waals surface area contributed by atoms with E-state index in [1.807, 2.05) is 0 Å². The number of nitrogens with one attached hydrogen (secondary N) is 2. The average Bonchev–Trinajstić information content (AvgIpc) is 3.10. The number of aromatic nitrogens is 1. The first-order valence-corrected chi connectivity index (χ1v) is 10.8. The lowest BCUT2D eigenvalue weighted by molar-refractivity contribution is -0.387. The molecule has 2 aromatic heterocycles. The van der Waals surface area contributed by atoms with Crippen molar-refractivity contribution >= 4 is 63.9 Å². The summed E-state index contributed by atoms with van der Waals surface area (Å²) in [6.07, 6.45) is 4.08. The van der Waals surface area contributed by atoms with E-state index in [0.717, 1.165) is 23.1 Å². The molecule has 1 aliphatic heterocycles. The Hall–Kier alpha value is -2.08. The minimum absolute atomic E-state index is 0.0127. The molecule has 1 saturated heterocycles. The predicted octanol–water partition coefficient (Wildman–Crippen LogP) is 3.60. The highest BCUT2D eigenvalue weighted by atomic mass is 35.5. The monoisotopic (exact) mass is 474 g/mol. The van der Waals surface area contributed by atoms with Gasteiger partial charge in [0, 0.05) is 37.6 Å². The number of hydrogen-bond donors (Lipinski definition) is 3.